The van der Waals surface area contributed by atoms with Crippen molar-refractivity contribution in [3.8, 4) is 0 Å². The summed E-state index contributed by atoms with van der Waals surface area (Å²) in [6.07, 6.45) is 2.32. The van der Waals surface area contributed by atoms with Crippen LogP contribution in [0.15, 0.2) is 6.20 Å². The smallest absolute Gasteiger partial charge is 0.358 e. The van der Waals surface area contributed by atoms with Gasteiger partial charge in [-0.2, -0.15) is 0 Å². The molecule has 20 heavy (non-hydrogen) atoms. The highest BCUT2D eigenvalue weighted by molar-refractivity contribution is 5.84. The number of hydrogen-bond acceptors (Lipinski definition) is 5. The van der Waals surface area contributed by atoms with Crippen LogP contribution in [0.2, 0.25) is 0 Å². The monoisotopic (exact) mass is 280 g/mol. The van der Waals surface area contributed by atoms with E-state index in [-0.39, 0.29) is 29.7 Å². The number of ether oxygens (including phenoxy) is 1. The van der Waals surface area contributed by atoms with E-state index < -0.39 is 5.97 Å². The lowest BCUT2D eigenvalue weighted by molar-refractivity contribution is -0.141. The molecule has 2 saturated heterocycles. The molecule has 0 aliphatic carbocycles. The van der Waals surface area contributed by atoms with Gasteiger partial charge in [0.25, 0.3) is 0 Å². The molecule has 108 valence electrons. The Morgan fingerprint density at radius 2 is 2.20 bits per heavy atom. The summed E-state index contributed by atoms with van der Waals surface area (Å²) in [7, 11) is 0. The molecule has 1 amide bonds. The molecule has 2 unspecified atom stereocenters. The van der Waals surface area contributed by atoms with Gasteiger partial charge in [0.1, 0.15) is 0 Å². The maximum absolute atomic E-state index is 12.2. The molecule has 0 saturated carbocycles. The summed E-state index contributed by atoms with van der Waals surface area (Å²) < 4.78 is 6.92. The molecule has 1 N–H and O–H groups in total. The third-order valence-electron chi connectivity index (χ3n) is 3.83. The second-order valence-electron chi connectivity index (χ2n) is 5.36. The zero-order valence-electron chi connectivity index (χ0n) is 11.1. The van der Waals surface area contributed by atoms with Crippen molar-refractivity contribution >= 4 is 11.9 Å². The molecule has 2 fully saturated rings. The highest BCUT2D eigenvalue weighted by atomic mass is 16.5. The normalized spacial score (nSPS) is 26.6. The van der Waals surface area contributed by atoms with Crippen molar-refractivity contribution in [2.75, 3.05) is 19.7 Å². The summed E-state index contributed by atoms with van der Waals surface area (Å²) in [5.41, 5.74) is -0.0761. The zero-order chi connectivity index (χ0) is 14.3. The van der Waals surface area contributed by atoms with Crippen LogP contribution in [0.1, 0.15) is 29.9 Å². The Balaban J connectivity index is 1.55. The fourth-order valence-corrected chi connectivity index (χ4v) is 2.60. The molecule has 2 aliphatic heterocycles. The standard InChI is InChI=1S/C12H16N4O4/c1-7-2-8(6-20-7)11(17)15-3-9(4-15)16-5-10(12(18)19)13-14-16/h5,7-9H,2-4,6H2,1H3,(H,18,19). The van der Waals surface area contributed by atoms with Crippen molar-refractivity contribution in [2.45, 2.75) is 25.5 Å². The van der Waals surface area contributed by atoms with Crippen LogP contribution in [0.4, 0.5) is 0 Å². The number of rotatable bonds is 3. The van der Waals surface area contributed by atoms with Crippen LogP contribution in [0.25, 0.3) is 0 Å². The first kappa shape index (κ1) is 13.0. The van der Waals surface area contributed by atoms with Gasteiger partial charge in [-0.15, -0.1) is 5.10 Å². The first-order valence-electron chi connectivity index (χ1n) is 6.60. The van der Waals surface area contributed by atoms with E-state index in [0.717, 1.165) is 6.42 Å². The average molecular weight is 280 g/mol. The third-order valence-corrected chi connectivity index (χ3v) is 3.83. The maximum atomic E-state index is 12.2. The maximum Gasteiger partial charge on any atom is 0.358 e. The van der Waals surface area contributed by atoms with Crippen LogP contribution < -0.4 is 0 Å². The molecule has 3 rings (SSSR count). The highest BCUT2D eigenvalue weighted by Crippen LogP contribution is 2.27. The van der Waals surface area contributed by atoms with E-state index in [1.807, 2.05) is 6.92 Å². The number of carbonyl (C=O) groups excluding carboxylic acids is 1. The van der Waals surface area contributed by atoms with E-state index in [9.17, 15) is 9.59 Å². The van der Waals surface area contributed by atoms with E-state index >= 15 is 0 Å². The van der Waals surface area contributed by atoms with Gasteiger partial charge in [0.15, 0.2) is 5.69 Å². The Bertz CT molecular complexity index is 537. The first-order chi connectivity index (χ1) is 9.54. The molecule has 3 heterocycles. The molecule has 0 spiro atoms. The van der Waals surface area contributed by atoms with Crippen LogP contribution in [0.3, 0.4) is 0 Å². The van der Waals surface area contributed by atoms with Gasteiger partial charge in [-0.25, -0.2) is 9.48 Å². The fraction of sp³-hybridized carbons (Fsp3) is 0.667. The SMILES string of the molecule is CC1CC(C(=O)N2CC(n3cc(C(=O)O)nn3)C2)CO1. The van der Waals surface area contributed by atoms with Gasteiger partial charge in [0, 0.05) is 13.1 Å². The second-order valence-corrected chi connectivity index (χ2v) is 5.36. The van der Waals surface area contributed by atoms with Gasteiger partial charge in [-0.05, 0) is 13.3 Å². The van der Waals surface area contributed by atoms with Crippen LogP contribution in [-0.4, -0.2) is 62.7 Å². The van der Waals surface area contributed by atoms with Crippen molar-refractivity contribution in [3.63, 3.8) is 0 Å². The Morgan fingerprint density at radius 1 is 1.45 bits per heavy atom. The molecule has 1 aromatic heterocycles. The Labute approximate surface area is 115 Å². The van der Waals surface area contributed by atoms with Crippen molar-refractivity contribution < 1.29 is 19.4 Å². The summed E-state index contributed by atoms with van der Waals surface area (Å²) in [4.78, 5) is 24.7. The highest BCUT2D eigenvalue weighted by Gasteiger charge is 2.38. The molecule has 2 atom stereocenters. The minimum absolute atomic E-state index is 0.0132. The van der Waals surface area contributed by atoms with Gasteiger partial charge >= 0.3 is 5.97 Å². The zero-order valence-corrected chi connectivity index (χ0v) is 11.1. The van der Waals surface area contributed by atoms with Gasteiger partial charge in [-0.3, -0.25) is 4.79 Å². The summed E-state index contributed by atoms with van der Waals surface area (Å²) in [6, 6.07) is 0.0132. The van der Waals surface area contributed by atoms with E-state index in [4.69, 9.17) is 9.84 Å². The number of carbonyl (C=O) groups is 2. The van der Waals surface area contributed by atoms with E-state index in [1.165, 1.54) is 10.9 Å². The molecule has 8 heteroatoms. The number of carboxylic acids is 1. The fourth-order valence-electron chi connectivity index (χ4n) is 2.60. The lowest BCUT2D eigenvalue weighted by atomic mass is 10.0. The van der Waals surface area contributed by atoms with Crippen molar-refractivity contribution in [1.29, 1.82) is 0 Å². The summed E-state index contributed by atoms with van der Waals surface area (Å²) in [5.74, 6) is -1.03. The van der Waals surface area contributed by atoms with E-state index in [0.29, 0.717) is 19.7 Å². The molecule has 0 bridgehead atoms. The third kappa shape index (κ3) is 2.26. The van der Waals surface area contributed by atoms with E-state index in [2.05, 4.69) is 10.3 Å². The summed E-state index contributed by atoms with van der Waals surface area (Å²) >= 11 is 0. The molecule has 0 radical (unpaired) electrons. The summed E-state index contributed by atoms with van der Waals surface area (Å²) in [5, 5.41) is 16.1. The summed E-state index contributed by atoms with van der Waals surface area (Å²) in [6.45, 7) is 3.56. The topological polar surface area (TPSA) is 97.6 Å². The first-order valence-corrected chi connectivity index (χ1v) is 6.60. The minimum Gasteiger partial charge on any atom is -0.476 e. The van der Waals surface area contributed by atoms with Crippen molar-refractivity contribution in [3.05, 3.63) is 11.9 Å². The van der Waals surface area contributed by atoms with Crippen LogP contribution in [0, 0.1) is 5.92 Å². The quantitative estimate of drug-likeness (QED) is 0.822. The molecular weight excluding hydrogens is 264 g/mol. The molecule has 0 aromatic carbocycles. The number of aromatic carboxylic acids is 1. The molecular formula is C12H16N4O4. The number of nitrogens with zero attached hydrogens (tertiary/aromatic N) is 4. The molecule has 8 nitrogen and oxygen atoms in total. The Morgan fingerprint density at radius 3 is 2.75 bits per heavy atom. The number of carboxylic acid groups (broad SMARTS) is 1. The minimum atomic E-state index is -1.10. The van der Waals surface area contributed by atoms with Crippen molar-refractivity contribution in [2.24, 2.45) is 5.92 Å². The molecule has 2 aliphatic rings. The lowest BCUT2D eigenvalue weighted by Gasteiger charge is -2.40. The number of aromatic nitrogens is 3. The van der Waals surface area contributed by atoms with Crippen LogP contribution >= 0.6 is 0 Å². The van der Waals surface area contributed by atoms with E-state index in [1.54, 1.807) is 4.90 Å². The van der Waals surface area contributed by atoms with Crippen LogP contribution in [-0.2, 0) is 9.53 Å². The average Bonchev–Trinajstić information content (AvgIpc) is 2.96. The second kappa shape index (κ2) is 4.86. The predicted octanol–water partition coefficient (Wildman–Crippen LogP) is -0.215. The Hall–Kier alpha value is -1.96. The molecule has 1 aromatic rings. The van der Waals surface area contributed by atoms with Crippen LogP contribution in [0.5, 0.6) is 0 Å². The Kier molecular flexibility index (Phi) is 3.17. The predicted molar refractivity (Wildman–Crippen MR) is 66.1 cm³/mol. The van der Waals surface area contributed by atoms with Gasteiger partial charge in [0.2, 0.25) is 5.91 Å². The largest absolute Gasteiger partial charge is 0.476 e. The lowest BCUT2D eigenvalue weighted by Crippen LogP contribution is -2.53. The van der Waals surface area contributed by atoms with Gasteiger partial charge in [0.05, 0.1) is 30.9 Å². The number of likely N-dealkylation sites (tertiary alicyclic amines) is 1. The van der Waals surface area contributed by atoms with Gasteiger partial charge in [-0.1, -0.05) is 5.21 Å². The van der Waals surface area contributed by atoms with Crippen molar-refractivity contribution in [1.82, 2.24) is 19.9 Å². The number of amides is 1. The van der Waals surface area contributed by atoms with Gasteiger partial charge < -0.3 is 14.7 Å². The number of hydrogen-bond donors (Lipinski definition) is 1.